The fourth-order valence-electron chi connectivity index (χ4n) is 3.52. The Hall–Kier alpha value is -2.11. The molecule has 0 spiro atoms. The quantitative estimate of drug-likeness (QED) is 0.0673. The molecule has 1 heterocycles. The second-order valence-electron chi connectivity index (χ2n) is 8.64. The third kappa shape index (κ3) is 14.5. The van der Waals surface area contributed by atoms with E-state index in [1.54, 1.807) is 18.4 Å². The summed E-state index contributed by atoms with van der Waals surface area (Å²) in [6, 6.07) is 0. The molecule has 0 saturated heterocycles. The van der Waals surface area contributed by atoms with Crippen molar-refractivity contribution in [1.29, 1.82) is 0 Å². The molecule has 0 bridgehead atoms. The molecule has 2 rings (SSSR count). The molecule has 1 aliphatic carbocycles. The average Bonchev–Trinajstić information content (AvgIpc) is 3.12. The zero-order valence-electron chi connectivity index (χ0n) is 23.3. The maximum atomic E-state index is 9.92. The summed E-state index contributed by atoms with van der Waals surface area (Å²) in [4.78, 5) is 4.31. The lowest BCUT2D eigenvalue weighted by atomic mass is 9.93. The van der Waals surface area contributed by atoms with E-state index in [4.69, 9.17) is 27.7 Å². The van der Waals surface area contributed by atoms with Gasteiger partial charge in [-0.1, -0.05) is 86.0 Å². The molecular formula is C32H41Cl2N2O2PS. The Morgan fingerprint density at radius 3 is 2.73 bits per heavy atom. The summed E-state index contributed by atoms with van der Waals surface area (Å²) in [7, 11) is 0.397. The first-order chi connectivity index (χ1) is 19.3. The zero-order valence-corrected chi connectivity index (χ0v) is 26.7. The van der Waals surface area contributed by atoms with Gasteiger partial charge in [0.25, 0.3) is 0 Å². The number of aliphatic hydroxyl groups is 1. The first-order valence-electron chi connectivity index (χ1n) is 12.9. The third-order valence-electron chi connectivity index (χ3n) is 5.71. The number of amidine groups is 1. The molecule has 1 aliphatic heterocycles. The molecule has 0 aromatic heterocycles. The van der Waals surface area contributed by atoms with Gasteiger partial charge in [0.1, 0.15) is 5.84 Å². The lowest BCUT2D eigenvalue weighted by Gasteiger charge is -2.17. The Bertz CT molecular complexity index is 1130. The Morgan fingerprint density at radius 2 is 2.05 bits per heavy atom. The Morgan fingerprint density at radius 1 is 1.27 bits per heavy atom. The monoisotopic (exact) mass is 618 g/mol. The van der Waals surface area contributed by atoms with Crippen LogP contribution in [0.25, 0.3) is 0 Å². The van der Waals surface area contributed by atoms with Crippen molar-refractivity contribution in [1.82, 2.24) is 5.32 Å². The molecule has 2 N–H and O–H groups in total. The molecule has 0 fully saturated rings. The number of alkyl halides is 1. The fraction of sp³-hybridized carbons (Fsp3) is 0.281. The molecule has 4 nitrogen and oxygen atoms in total. The number of aliphatic imine (C=N–C) groups is 1. The van der Waals surface area contributed by atoms with E-state index < -0.39 is 6.10 Å². The van der Waals surface area contributed by atoms with Crippen molar-refractivity contribution in [3.05, 3.63) is 132 Å². The van der Waals surface area contributed by atoms with Gasteiger partial charge in [0.2, 0.25) is 0 Å². The number of nitrogens with zero attached hydrogens (tertiary/aromatic N) is 1. The zero-order chi connectivity index (χ0) is 29.8. The van der Waals surface area contributed by atoms with Crippen LogP contribution >= 0.6 is 44.6 Å². The van der Waals surface area contributed by atoms with Gasteiger partial charge >= 0.3 is 0 Å². The van der Waals surface area contributed by atoms with Crippen LogP contribution in [0.3, 0.4) is 0 Å². The van der Waals surface area contributed by atoms with Gasteiger partial charge in [0.05, 0.1) is 18.1 Å². The second kappa shape index (κ2) is 21.6. The number of thiol groups is 1. The molecule has 40 heavy (non-hydrogen) atoms. The van der Waals surface area contributed by atoms with Crippen LogP contribution in [0.5, 0.6) is 0 Å². The van der Waals surface area contributed by atoms with Gasteiger partial charge in [-0.3, -0.25) is 0 Å². The minimum absolute atomic E-state index is 0.0171. The van der Waals surface area contributed by atoms with Crippen LogP contribution in [-0.2, 0) is 4.52 Å². The van der Waals surface area contributed by atoms with Crippen LogP contribution in [0.15, 0.2) is 137 Å². The summed E-state index contributed by atoms with van der Waals surface area (Å²) in [5.74, 6) is 0.800. The number of rotatable bonds is 12. The van der Waals surface area contributed by atoms with E-state index in [-0.39, 0.29) is 11.3 Å². The van der Waals surface area contributed by atoms with Crippen LogP contribution in [0.2, 0.25) is 0 Å². The van der Waals surface area contributed by atoms with E-state index in [1.807, 2.05) is 80.8 Å². The van der Waals surface area contributed by atoms with Gasteiger partial charge < -0.3 is 14.9 Å². The topological polar surface area (TPSA) is 53.9 Å². The van der Waals surface area contributed by atoms with Gasteiger partial charge in [0.15, 0.2) is 0 Å². The summed E-state index contributed by atoms with van der Waals surface area (Å²) < 4.78 is 5.30. The highest BCUT2D eigenvalue weighted by Crippen LogP contribution is 2.25. The summed E-state index contributed by atoms with van der Waals surface area (Å²) in [6.45, 7) is 16.0. The molecule has 216 valence electrons. The SMILES string of the molecule is C=C/C=C(C=C)/C(C)=C/C=C(\C=C)C1/C=C/N=C(C)N/C=C/C1Cl.OC(CCOPCS)C1=CCC=CC(Cl)=C1. The van der Waals surface area contributed by atoms with Crippen molar-refractivity contribution in [3.63, 3.8) is 0 Å². The minimum atomic E-state index is -0.502. The van der Waals surface area contributed by atoms with E-state index in [0.29, 0.717) is 26.9 Å². The van der Waals surface area contributed by atoms with Crippen molar-refractivity contribution in [2.45, 2.75) is 38.2 Å². The summed E-state index contributed by atoms with van der Waals surface area (Å²) >= 11 is 16.5. The molecule has 0 aromatic carbocycles. The van der Waals surface area contributed by atoms with E-state index in [2.05, 4.69) is 42.7 Å². The van der Waals surface area contributed by atoms with Crippen LogP contribution < -0.4 is 5.32 Å². The molecule has 4 atom stereocenters. The summed E-state index contributed by atoms with van der Waals surface area (Å²) in [6.07, 6.45) is 27.4. The Labute approximate surface area is 258 Å². The van der Waals surface area contributed by atoms with Gasteiger partial charge in [-0.25, -0.2) is 4.99 Å². The number of halogens is 2. The molecule has 0 radical (unpaired) electrons. The maximum Gasteiger partial charge on any atom is 0.102 e. The Kier molecular flexibility index (Phi) is 19.4. The van der Waals surface area contributed by atoms with Gasteiger partial charge in [-0.15, -0.1) is 11.6 Å². The summed E-state index contributed by atoms with van der Waals surface area (Å²) in [5, 5.41) is 13.4. The molecular weight excluding hydrogens is 578 g/mol. The molecule has 4 unspecified atom stereocenters. The average molecular weight is 620 g/mol. The van der Waals surface area contributed by atoms with Crippen molar-refractivity contribution >= 4 is 50.5 Å². The molecule has 2 aliphatic rings. The largest absolute Gasteiger partial charge is 0.388 e. The van der Waals surface area contributed by atoms with Crippen LogP contribution in [0, 0.1) is 5.92 Å². The van der Waals surface area contributed by atoms with Crippen molar-refractivity contribution < 1.29 is 9.63 Å². The number of hydrogen-bond acceptors (Lipinski definition) is 5. The van der Waals surface area contributed by atoms with E-state index in [9.17, 15) is 5.11 Å². The minimum Gasteiger partial charge on any atom is -0.388 e. The number of aliphatic hydroxyl groups excluding tert-OH is 1. The highest BCUT2D eigenvalue weighted by molar-refractivity contribution is 7.85. The predicted molar refractivity (Wildman–Crippen MR) is 183 cm³/mol. The standard InChI is InChI=1S/C21H25ClN2.C11H16ClO2PS/c1-6-9-18(7-2)16(4)10-11-19(8-3)20-12-14-23-17(5)24-15-13-21(20)22;12-10-4-2-1-3-9(7-10)11(13)5-6-14-15-8-16/h6-15,20-21H,1-3H2,4-5H3,(H,23,24);2-4,7,11,13,15-16H,1,5-6,8H2/b14-12+,15-13+,16-10+,18-9+,19-11+;. The van der Waals surface area contributed by atoms with Crippen LogP contribution in [0.1, 0.15) is 26.7 Å². The number of hydrogen-bond donors (Lipinski definition) is 3. The Balaban J connectivity index is 0.000000433. The fourth-order valence-corrected chi connectivity index (χ4v) is 4.67. The second-order valence-corrected chi connectivity index (χ2v) is 11.4. The van der Waals surface area contributed by atoms with Crippen molar-refractivity contribution in [3.8, 4) is 0 Å². The normalized spacial score (nSPS) is 22.6. The predicted octanol–water partition coefficient (Wildman–Crippen LogP) is 8.86. The third-order valence-corrected chi connectivity index (χ3v) is 7.29. The lowest BCUT2D eigenvalue weighted by molar-refractivity contribution is 0.178. The molecule has 8 heteroatoms. The van der Waals surface area contributed by atoms with Gasteiger partial charge in [-0.2, -0.15) is 12.6 Å². The van der Waals surface area contributed by atoms with E-state index >= 15 is 0 Å². The smallest absolute Gasteiger partial charge is 0.102 e. The van der Waals surface area contributed by atoms with Gasteiger partial charge in [-0.05, 0) is 67.0 Å². The molecule has 0 saturated carbocycles. The van der Waals surface area contributed by atoms with Crippen molar-refractivity contribution in [2.75, 3.05) is 12.1 Å². The summed E-state index contributed by atoms with van der Waals surface area (Å²) in [5.41, 5.74) is 4.74. The van der Waals surface area contributed by atoms with Crippen LogP contribution in [0.4, 0.5) is 0 Å². The van der Waals surface area contributed by atoms with Crippen molar-refractivity contribution in [2.24, 2.45) is 10.9 Å². The highest BCUT2D eigenvalue weighted by atomic mass is 35.5. The van der Waals surface area contributed by atoms with E-state index in [0.717, 1.165) is 40.0 Å². The molecule has 0 aromatic rings. The highest BCUT2D eigenvalue weighted by Gasteiger charge is 2.17. The number of allylic oxidation sites excluding steroid dienone is 15. The first-order valence-corrected chi connectivity index (χ1v) is 15.5. The lowest BCUT2D eigenvalue weighted by Crippen LogP contribution is -2.14. The van der Waals surface area contributed by atoms with Crippen LogP contribution in [-0.4, -0.2) is 34.5 Å². The number of nitrogens with one attached hydrogen (secondary N) is 1. The van der Waals surface area contributed by atoms with E-state index in [1.165, 1.54) is 0 Å². The maximum absolute atomic E-state index is 9.92. The van der Waals surface area contributed by atoms with Gasteiger partial charge in [0, 0.05) is 37.9 Å². The molecule has 0 amide bonds. The first kappa shape index (κ1) is 35.9.